The lowest BCUT2D eigenvalue weighted by molar-refractivity contribution is -0.122. The topological polar surface area (TPSA) is 68.5 Å². The fraction of sp³-hybridized carbons (Fsp3) is 0.0833. The number of carbonyl (C=O) groups is 2. The average molecular weight is 438 g/mol. The molecule has 31 heavy (non-hydrogen) atoms. The molecule has 0 unspecified atom stereocenters. The van der Waals surface area contributed by atoms with Crippen LogP contribution in [0.3, 0.4) is 0 Å². The minimum atomic E-state index is -1.02. The summed E-state index contributed by atoms with van der Waals surface area (Å²) in [6.45, 7) is 1.49. The van der Waals surface area contributed by atoms with Crippen molar-refractivity contribution in [3.05, 3.63) is 95.0 Å². The number of amides is 1. The molecule has 0 saturated carbocycles. The Kier molecular flexibility index (Phi) is 5.73. The van der Waals surface area contributed by atoms with Crippen molar-refractivity contribution in [2.75, 3.05) is 5.32 Å². The molecule has 1 amide bonds. The number of hydrogen-bond donors (Lipinski definition) is 1. The van der Waals surface area contributed by atoms with Gasteiger partial charge in [0.2, 0.25) is 5.78 Å². The maximum atomic E-state index is 13.9. The number of furan rings is 1. The van der Waals surface area contributed by atoms with Crippen LogP contribution in [-0.2, 0) is 4.79 Å². The highest BCUT2D eigenvalue weighted by Gasteiger charge is 2.25. The summed E-state index contributed by atoms with van der Waals surface area (Å²) < 4.78 is 25.1. The first-order valence-corrected chi connectivity index (χ1v) is 9.85. The normalized spacial score (nSPS) is 11.8. The van der Waals surface area contributed by atoms with Crippen LogP contribution < -0.4 is 10.1 Å². The highest BCUT2D eigenvalue weighted by molar-refractivity contribution is 6.30. The smallest absolute Gasteiger partial charge is 0.265 e. The molecular weight excluding hydrogens is 421 g/mol. The molecule has 4 rings (SSSR count). The van der Waals surface area contributed by atoms with Crippen molar-refractivity contribution in [3.63, 3.8) is 0 Å². The molecular formula is C24H17ClFNO4. The van der Waals surface area contributed by atoms with Gasteiger partial charge < -0.3 is 14.5 Å². The summed E-state index contributed by atoms with van der Waals surface area (Å²) in [5, 5.41) is 3.76. The van der Waals surface area contributed by atoms with E-state index in [1.165, 1.54) is 25.1 Å². The maximum Gasteiger partial charge on any atom is 0.265 e. The molecule has 1 heterocycles. The number of para-hydroxylation sites is 2. The maximum absolute atomic E-state index is 13.9. The SMILES string of the molecule is C[C@H](Oc1ccccc1F)C(=O)Nc1c(C(=O)c2ccc(Cl)cc2)oc2ccccc12. The zero-order valence-electron chi connectivity index (χ0n) is 16.4. The van der Waals surface area contributed by atoms with E-state index in [4.69, 9.17) is 20.8 Å². The predicted octanol–water partition coefficient (Wildman–Crippen LogP) is 5.86. The molecule has 0 aliphatic rings. The van der Waals surface area contributed by atoms with Gasteiger partial charge in [-0.1, -0.05) is 35.9 Å². The Bertz CT molecular complexity index is 1270. The second-order valence-corrected chi connectivity index (χ2v) is 7.25. The highest BCUT2D eigenvalue weighted by atomic mass is 35.5. The summed E-state index contributed by atoms with van der Waals surface area (Å²) in [6.07, 6.45) is -1.02. The minimum absolute atomic E-state index is 0.0186. The largest absolute Gasteiger partial charge is 0.478 e. The van der Waals surface area contributed by atoms with Gasteiger partial charge in [-0.3, -0.25) is 9.59 Å². The first kappa shape index (κ1) is 20.6. The Balaban J connectivity index is 1.65. The fourth-order valence-corrected chi connectivity index (χ4v) is 3.20. The monoisotopic (exact) mass is 437 g/mol. The van der Waals surface area contributed by atoms with Crippen molar-refractivity contribution in [1.82, 2.24) is 0 Å². The molecule has 156 valence electrons. The highest BCUT2D eigenvalue weighted by Crippen LogP contribution is 2.33. The lowest BCUT2D eigenvalue weighted by Crippen LogP contribution is -2.30. The van der Waals surface area contributed by atoms with Crippen LogP contribution in [0.2, 0.25) is 5.02 Å². The van der Waals surface area contributed by atoms with E-state index in [1.807, 2.05) is 0 Å². The van der Waals surface area contributed by atoms with Crippen LogP contribution in [0.25, 0.3) is 11.0 Å². The number of ether oxygens (including phenoxy) is 1. The quantitative estimate of drug-likeness (QED) is 0.383. The minimum Gasteiger partial charge on any atom is -0.478 e. The number of anilines is 1. The van der Waals surface area contributed by atoms with Crippen molar-refractivity contribution in [3.8, 4) is 5.75 Å². The van der Waals surface area contributed by atoms with Gasteiger partial charge in [-0.05, 0) is 55.5 Å². The van der Waals surface area contributed by atoms with Gasteiger partial charge in [0.25, 0.3) is 5.91 Å². The molecule has 5 nitrogen and oxygen atoms in total. The number of nitrogens with one attached hydrogen (secondary N) is 1. The molecule has 1 N–H and O–H groups in total. The Morgan fingerprint density at radius 2 is 1.68 bits per heavy atom. The summed E-state index contributed by atoms with van der Waals surface area (Å²) in [5.41, 5.74) is 1.02. The van der Waals surface area contributed by atoms with E-state index in [2.05, 4.69) is 5.32 Å². The second-order valence-electron chi connectivity index (χ2n) is 6.82. The van der Waals surface area contributed by atoms with Gasteiger partial charge in [-0.25, -0.2) is 4.39 Å². The van der Waals surface area contributed by atoms with Gasteiger partial charge in [0.15, 0.2) is 23.4 Å². The van der Waals surface area contributed by atoms with Crippen LogP contribution in [0.15, 0.2) is 77.2 Å². The van der Waals surface area contributed by atoms with E-state index < -0.39 is 23.6 Å². The third kappa shape index (κ3) is 4.29. The van der Waals surface area contributed by atoms with Crippen molar-refractivity contribution < 1.29 is 23.1 Å². The average Bonchev–Trinajstić information content (AvgIpc) is 3.13. The molecule has 0 saturated heterocycles. The lowest BCUT2D eigenvalue weighted by atomic mass is 10.1. The molecule has 0 radical (unpaired) electrons. The summed E-state index contributed by atoms with van der Waals surface area (Å²) in [7, 11) is 0. The Morgan fingerprint density at radius 3 is 2.42 bits per heavy atom. The number of carbonyl (C=O) groups excluding carboxylic acids is 2. The number of rotatable bonds is 6. The summed E-state index contributed by atoms with van der Waals surface area (Å²) in [5.74, 6) is -1.60. The zero-order valence-corrected chi connectivity index (χ0v) is 17.2. The zero-order chi connectivity index (χ0) is 22.0. The number of fused-ring (bicyclic) bond motifs is 1. The van der Waals surface area contributed by atoms with Gasteiger partial charge in [0.05, 0.1) is 5.69 Å². The summed E-state index contributed by atoms with van der Waals surface area (Å²) in [6, 6.07) is 19.1. The molecule has 4 aromatic rings. The van der Waals surface area contributed by atoms with Crippen LogP contribution in [0.1, 0.15) is 23.0 Å². The first-order valence-electron chi connectivity index (χ1n) is 9.48. The van der Waals surface area contributed by atoms with Gasteiger partial charge in [-0.2, -0.15) is 0 Å². The van der Waals surface area contributed by atoms with Crippen molar-refractivity contribution in [2.45, 2.75) is 13.0 Å². The van der Waals surface area contributed by atoms with E-state index in [1.54, 1.807) is 54.6 Å². The number of halogens is 2. The van der Waals surface area contributed by atoms with Gasteiger partial charge >= 0.3 is 0 Å². The van der Waals surface area contributed by atoms with Gasteiger partial charge in [0, 0.05) is 16.0 Å². The molecule has 0 bridgehead atoms. The molecule has 1 atom stereocenters. The van der Waals surface area contributed by atoms with Gasteiger partial charge in [-0.15, -0.1) is 0 Å². The van der Waals surface area contributed by atoms with E-state index in [-0.39, 0.29) is 17.2 Å². The van der Waals surface area contributed by atoms with E-state index in [0.717, 1.165) is 0 Å². The summed E-state index contributed by atoms with van der Waals surface area (Å²) >= 11 is 5.91. The van der Waals surface area contributed by atoms with Crippen LogP contribution in [0, 0.1) is 5.82 Å². The van der Waals surface area contributed by atoms with Crippen LogP contribution in [0.5, 0.6) is 5.75 Å². The fourth-order valence-electron chi connectivity index (χ4n) is 3.07. The molecule has 3 aromatic carbocycles. The molecule has 7 heteroatoms. The predicted molar refractivity (Wildman–Crippen MR) is 116 cm³/mol. The molecule has 1 aromatic heterocycles. The standard InChI is InChI=1S/C24H17ClFNO4/c1-14(30-20-9-5-3-7-18(20)26)24(29)27-21-17-6-2-4-8-19(17)31-23(21)22(28)15-10-12-16(25)13-11-15/h2-14H,1H3,(H,27,29)/t14-/m0/s1. The van der Waals surface area contributed by atoms with Crippen molar-refractivity contribution in [2.24, 2.45) is 0 Å². The Morgan fingerprint density at radius 1 is 1.00 bits per heavy atom. The first-order chi connectivity index (χ1) is 14.9. The van der Waals surface area contributed by atoms with Gasteiger partial charge in [0.1, 0.15) is 5.58 Å². The summed E-state index contributed by atoms with van der Waals surface area (Å²) in [4.78, 5) is 25.9. The molecule has 0 aliphatic carbocycles. The molecule has 0 aliphatic heterocycles. The number of hydrogen-bond acceptors (Lipinski definition) is 4. The second kappa shape index (κ2) is 8.62. The van der Waals surface area contributed by atoms with E-state index >= 15 is 0 Å². The third-order valence-electron chi connectivity index (χ3n) is 4.67. The lowest BCUT2D eigenvalue weighted by Gasteiger charge is -2.15. The Hall–Kier alpha value is -3.64. The third-order valence-corrected chi connectivity index (χ3v) is 4.92. The molecule has 0 fully saturated rings. The van der Waals surface area contributed by atoms with Crippen LogP contribution in [-0.4, -0.2) is 17.8 Å². The van der Waals surface area contributed by atoms with Crippen LogP contribution >= 0.6 is 11.6 Å². The van der Waals surface area contributed by atoms with Crippen LogP contribution in [0.4, 0.5) is 10.1 Å². The molecule has 0 spiro atoms. The van der Waals surface area contributed by atoms with E-state index in [0.29, 0.717) is 21.6 Å². The number of ketones is 1. The number of benzene rings is 3. The van der Waals surface area contributed by atoms with Crippen molar-refractivity contribution in [1.29, 1.82) is 0 Å². The van der Waals surface area contributed by atoms with Crippen molar-refractivity contribution >= 4 is 39.9 Å². The van der Waals surface area contributed by atoms with E-state index in [9.17, 15) is 14.0 Å². The Labute approximate surface area is 182 Å².